The fourth-order valence-corrected chi connectivity index (χ4v) is 1.02. The number of nitrogens with zero attached hydrogens (tertiary/aromatic N) is 1. The van der Waals surface area contributed by atoms with Crippen molar-refractivity contribution in [3.8, 4) is 0 Å². The molecule has 0 saturated heterocycles. The first-order valence-corrected chi connectivity index (χ1v) is 4.65. The van der Waals surface area contributed by atoms with Gasteiger partial charge in [0.15, 0.2) is 0 Å². The maximum Gasteiger partial charge on any atom is 0.252 e. The number of nitrogens with two attached hydrogens (primary N) is 1. The third-order valence-electron chi connectivity index (χ3n) is 1.65. The maximum atomic E-state index is 11.4. The third kappa shape index (κ3) is 3.95. The number of halogens is 1. The van der Waals surface area contributed by atoms with E-state index < -0.39 is 5.91 Å². The smallest absolute Gasteiger partial charge is 0.252 e. The molecule has 0 fully saturated rings. The molecule has 15 heavy (non-hydrogen) atoms. The molecule has 0 bridgehead atoms. The van der Waals surface area contributed by atoms with Crippen molar-refractivity contribution >= 4 is 23.4 Å². The Hall–Kier alpha value is -1.62. The number of aromatic nitrogens is 1. The molecule has 1 aromatic heterocycles. The molecule has 2 amide bonds. The molecule has 0 aliphatic rings. The molecule has 0 atom stereocenters. The lowest BCUT2D eigenvalue weighted by atomic mass is 10.2. The topological polar surface area (TPSA) is 85.1 Å². The minimum absolute atomic E-state index is 0.118. The standard InChI is InChI=1S/C9H10ClN3O2/c10-7-2-1-6(5-13-7)9(15)12-4-3-8(11)14/h1-2,5H,3-4H2,(H2,11,14)(H,12,15). The van der Waals surface area contributed by atoms with Crippen LogP contribution in [0.1, 0.15) is 16.8 Å². The summed E-state index contributed by atoms with van der Waals surface area (Å²) in [5.74, 6) is -0.759. The Morgan fingerprint density at radius 1 is 1.47 bits per heavy atom. The van der Waals surface area contributed by atoms with Crippen LogP contribution >= 0.6 is 11.6 Å². The number of rotatable bonds is 4. The summed E-state index contributed by atoms with van der Waals surface area (Å²) in [5, 5.41) is 2.85. The highest BCUT2D eigenvalue weighted by Crippen LogP contribution is 2.04. The van der Waals surface area contributed by atoms with Gasteiger partial charge >= 0.3 is 0 Å². The summed E-state index contributed by atoms with van der Waals surface area (Å²) in [6, 6.07) is 3.07. The van der Waals surface area contributed by atoms with Gasteiger partial charge in [-0.15, -0.1) is 0 Å². The molecule has 6 heteroatoms. The van der Waals surface area contributed by atoms with Gasteiger partial charge in [0.25, 0.3) is 5.91 Å². The van der Waals surface area contributed by atoms with Crippen molar-refractivity contribution in [2.24, 2.45) is 5.73 Å². The first-order chi connectivity index (χ1) is 7.09. The van der Waals surface area contributed by atoms with E-state index in [1.165, 1.54) is 12.3 Å². The van der Waals surface area contributed by atoms with Gasteiger partial charge in [-0.05, 0) is 12.1 Å². The van der Waals surface area contributed by atoms with Crippen LogP contribution in [0.3, 0.4) is 0 Å². The molecule has 3 N–H and O–H groups in total. The number of hydrogen-bond donors (Lipinski definition) is 2. The summed E-state index contributed by atoms with van der Waals surface area (Å²) < 4.78 is 0. The molecule has 1 heterocycles. The molecule has 1 aromatic rings. The van der Waals surface area contributed by atoms with Crippen molar-refractivity contribution in [2.45, 2.75) is 6.42 Å². The molecule has 0 spiro atoms. The molecule has 0 aliphatic heterocycles. The van der Waals surface area contributed by atoms with Crippen LogP contribution in [0.4, 0.5) is 0 Å². The van der Waals surface area contributed by atoms with E-state index >= 15 is 0 Å². The quantitative estimate of drug-likeness (QED) is 0.728. The van der Waals surface area contributed by atoms with Crippen molar-refractivity contribution in [1.82, 2.24) is 10.3 Å². The van der Waals surface area contributed by atoms with Crippen LogP contribution in [-0.2, 0) is 4.79 Å². The number of hydrogen-bond acceptors (Lipinski definition) is 3. The molecule has 0 unspecified atom stereocenters. The van der Waals surface area contributed by atoms with Gasteiger partial charge in [0.1, 0.15) is 5.15 Å². The average Bonchev–Trinajstić information content (AvgIpc) is 2.18. The van der Waals surface area contributed by atoms with E-state index in [1.807, 2.05) is 0 Å². The van der Waals surface area contributed by atoms with Crippen LogP contribution in [0.25, 0.3) is 0 Å². The van der Waals surface area contributed by atoms with Crippen molar-refractivity contribution < 1.29 is 9.59 Å². The summed E-state index contributed by atoms with van der Waals surface area (Å²) in [6.45, 7) is 0.219. The van der Waals surface area contributed by atoms with Crippen LogP contribution in [-0.4, -0.2) is 23.3 Å². The fourth-order valence-electron chi connectivity index (χ4n) is 0.911. The number of carbonyl (C=O) groups is 2. The minimum Gasteiger partial charge on any atom is -0.370 e. The Bertz CT molecular complexity index is 364. The summed E-state index contributed by atoms with van der Waals surface area (Å²) in [4.78, 5) is 25.6. The van der Waals surface area contributed by atoms with Gasteiger partial charge in [-0.25, -0.2) is 4.98 Å². The number of carbonyl (C=O) groups excluding carboxylic acids is 2. The van der Waals surface area contributed by atoms with E-state index in [4.69, 9.17) is 17.3 Å². The summed E-state index contributed by atoms with van der Waals surface area (Å²) in [5.41, 5.74) is 5.31. The highest BCUT2D eigenvalue weighted by Gasteiger charge is 2.05. The van der Waals surface area contributed by atoms with Crippen molar-refractivity contribution in [3.05, 3.63) is 29.0 Å². The number of pyridine rings is 1. The molecule has 0 saturated carbocycles. The van der Waals surface area contributed by atoms with E-state index in [9.17, 15) is 9.59 Å². The predicted molar refractivity (Wildman–Crippen MR) is 55.4 cm³/mol. The second-order valence-electron chi connectivity index (χ2n) is 2.84. The monoisotopic (exact) mass is 227 g/mol. The Morgan fingerprint density at radius 3 is 2.73 bits per heavy atom. The summed E-state index contributed by atoms with van der Waals surface area (Å²) in [7, 11) is 0. The SMILES string of the molecule is NC(=O)CCNC(=O)c1ccc(Cl)nc1. The fraction of sp³-hybridized carbons (Fsp3) is 0.222. The highest BCUT2D eigenvalue weighted by atomic mass is 35.5. The van der Waals surface area contributed by atoms with E-state index in [0.29, 0.717) is 10.7 Å². The van der Waals surface area contributed by atoms with Crippen LogP contribution in [0, 0.1) is 0 Å². The minimum atomic E-state index is -0.454. The molecule has 80 valence electrons. The van der Waals surface area contributed by atoms with Crippen molar-refractivity contribution in [2.75, 3.05) is 6.54 Å². The van der Waals surface area contributed by atoms with E-state index in [2.05, 4.69) is 10.3 Å². The van der Waals surface area contributed by atoms with Crippen LogP contribution in [0.15, 0.2) is 18.3 Å². The van der Waals surface area contributed by atoms with Gasteiger partial charge in [0.05, 0.1) is 5.56 Å². The van der Waals surface area contributed by atoms with Gasteiger partial charge in [-0.2, -0.15) is 0 Å². The Balaban J connectivity index is 2.47. The lowest BCUT2D eigenvalue weighted by Crippen LogP contribution is -2.27. The number of nitrogens with one attached hydrogen (secondary N) is 1. The van der Waals surface area contributed by atoms with Gasteiger partial charge in [-0.3, -0.25) is 9.59 Å². The van der Waals surface area contributed by atoms with Crippen LogP contribution < -0.4 is 11.1 Å². The van der Waals surface area contributed by atoms with Gasteiger partial charge < -0.3 is 11.1 Å². The molecule has 0 aliphatic carbocycles. The lowest BCUT2D eigenvalue weighted by Gasteiger charge is -2.02. The molecule has 1 rings (SSSR count). The summed E-state index contributed by atoms with van der Waals surface area (Å²) in [6.07, 6.45) is 1.48. The third-order valence-corrected chi connectivity index (χ3v) is 1.87. The Kier molecular flexibility index (Phi) is 4.05. The normalized spacial score (nSPS) is 9.67. The van der Waals surface area contributed by atoms with E-state index in [0.717, 1.165) is 0 Å². The predicted octanol–water partition coefficient (Wildman–Crippen LogP) is 0.340. The van der Waals surface area contributed by atoms with E-state index in [1.54, 1.807) is 6.07 Å². The Labute approximate surface area is 91.6 Å². The molecule has 0 aromatic carbocycles. The molecular formula is C9H10ClN3O2. The molecular weight excluding hydrogens is 218 g/mol. The van der Waals surface area contributed by atoms with Gasteiger partial charge in [-0.1, -0.05) is 11.6 Å². The first-order valence-electron chi connectivity index (χ1n) is 4.27. The zero-order chi connectivity index (χ0) is 11.3. The largest absolute Gasteiger partial charge is 0.370 e. The van der Waals surface area contributed by atoms with Gasteiger partial charge in [0, 0.05) is 19.2 Å². The highest BCUT2D eigenvalue weighted by molar-refractivity contribution is 6.29. The molecule has 5 nitrogen and oxygen atoms in total. The van der Waals surface area contributed by atoms with Crippen molar-refractivity contribution in [3.63, 3.8) is 0 Å². The van der Waals surface area contributed by atoms with Crippen molar-refractivity contribution in [1.29, 1.82) is 0 Å². The second-order valence-corrected chi connectivity index (χ2v) is 3.23. The summed E-state index contributed by atoms with van der Waals surface area (Å²) >= 11 is 5.56. The Morgan fingerprint density at radius 2 is 2.20 bits per heavy atom. The average molecular weight is 228 g/mol. The lowest BCUT2D eigenvalue weighted by molar-refractivity contribution is -0.117. The molecule has 0 radical (unpaired) electrons. The van der Waals surface area contributed by atoms with E-state index in [-0.39, 0.29) is 18.9 Å². The second kappa shape index (κ2) is 5.31. The number of amides is 2. The van der Waals surface area contributed by atoms with Gasteiger partial charge in [0.2, 0.25) is 5.91 Å². The number of primary amides is 1. The van der Waals surface area contributed by atoms with Crippen LogP contribution in [0.5, 0.6) is 0 Å². The zero-order valence-corrected chi connectivity index (χ0v) is 8.62. The van der Waals surface area contributed by atoms with Crippen LogP contribution in [0.2, 0.25) is 5.15 Å². The first kappa shape index (κ1) is 11.5. The zero-order valence-electron chi connectivity index (χ0n) is 7.87. The maximum absolute atomic E-state index is 11.4.